The molecule has 10 heteroatoms. The maximum absolute atomic E-state index is 12.4. The summed E-state index contributed by atoms with van der Waals surface area (Å²) < 4.78 is 20.6. The number of hydrogen-bond acceptors (Lipinski definition) is 8. The lowest BCUT2D eigenvalue weighted by molar-refractivity contribution is -0.384. The molecule has 0 aromatic heterocycles. The van der Waals surface area contributed by atoms with Crippen molar-refractivity contribution in [1.29, 1.82) is 0 Å². The molecular weight excluding hydrogens is 384 g/mol. The number of nitrogens with zero attached hydrogens (tertiary/aromatic N) is 1. The van der Waals surface area contributed by atoms with Gasteiger partial charge in [0.05, 0.1) is 26.3 Å². The lowest BCUT2D eigenvalue weighted by Gasteiger charge is -2.15. The lowest BCUT2D eigenvalue weighted by Crippen LogP contribution is -2.21. The molecule has 1 N–H and O–H groups in total. The zero-order valence-corrected chi connectivity index (χ0v) is 16.3. The molecule has 0 fully saturated rings. The van der Waals surface area contributed by atoms with E-state index in [1.807, 2.05) is 0 Å². The van der Waals surface area contributed by atoms with Crippen LogP contribution in [0.2, 0.25) is 0 Å². The predicted molar refractivity (Wildman–Crippen MR) is 103 cm³/mol. The van der Waals surface area contributed by atoms with Gasteiger partial charge in [-0.2, -0.15) is 0 Å². The van der Waals surface area contributed by atoms with E-state index in [0.717, 1.165) is 0 Å². The molecule has 1 amide bonds. The topological polar surface area (TPSA) is 126 Å². The second-order valence-electron chi connectivity index (χ2n) is 5.76. The first-order chi connectivity index (χ1) is 13.8. The summed E-state index contributed by atoms with van der Waals surface area (Å²) in [4.78, 5) is 34.7. The van der Waals surface area contributed by atoms with Gasteiger partial charge in [0, 0.05) is 17.8 Å². The van der Waals surface area contributed by atoms with Crippen molar-refractivity contribution in [3.63, 3.8) is 0 Å². The van der Waals surface area contributed by atoms with Crippen molar-refractivity contribution in [1.82, 2.24) is 0 Å². The number of methoxy groups -OCH3 is 3. The van der Waals surface area contributed by atoms with Crippen LogP contribution < -0.4 is 19.5 Å². The van der Waals surface area contributed by atoms with E-state index in [-0.39, 0.29) is 22.7 Å². The molecule has 0 spiro atoms. The molecule has 0 radical (unpaired) electrons. The normalized spacial score (nSPS) is 10.1. The van der Waals surface area contributed by atoms with Crippen molar-refractivity contribution in [3.05, 3.63) is 51.6 Å². The van der Waals surface area contributed by atoms with Crippen LogP contribution in [0, 0.1) is 17.0 Å². The molecule has 0 heterocycles. The van der Waals surface area contributed by atoms with E-state index >= 15 is 0 Å². The summed E-state index contributed by atoms with van der Waals surface area (Å²) in [6, 6.07) is 6.95. The Hall–Kier alpha value is -3.82. The SMILES string of the molecule is COc1ccc(C(=O)OCC(=O)Nc2ccc([N+](=O)[O-])cc2C)c(OC)c1OC. The van der Waals surface area contributed by atoms with Gasteiger partial charge in [-0.15, -0.1) is 0 Å². The Morgan fingerprint density at radius 2 is 1.72 bits per heavy atom. The number of aryl methyl sites for hydroxylation is 1. The number of amides is 1. The van der Waals surface area contributed by atoms with Crippen LogP contribution in [-0.4, -0.2) is 44.7 Å². The highest BCUT2D eigenvalue weighted by atomic mass is 16.6. The Morgan fingerprint density at radius 3 is 2.28 bits per heavy atom. The number of benzene rings is 2. The second kappa shape index (κ2) is 9.40. The average Bonchev–Trinajstić information content (AvgIpc) is 2.71. The molecule has 154 valence electrons. The number of hydrogen-bond donors (Lipinski definition) is 1. The van der Waals surface area contributed by atoms with Gasteiger partial charge in [0.2, 0.25) is 5.75 Å². The highest BCUT2D eigenvalue weighted by Crippen LogP contribution is 2.39. The number of nitrogens with one attached hydrogen (secondary N) is 1. The molecule has 0 saturated heterocycles. The Morgan fingerprint density at radius 1 is 1.03 bits per heavy atom. The highest BCUT2D eigenvalue weighted by Gasteiger charge is 2.22. The van der Waals surface area contributed by atoms with Crippen LogP contribution in [-0.2, 0) is 9.53 Å². The van der Waals surface area contributed by atoms with Gasteiger partial charge in [-0.05, 0) is 30.7 Å². The zero-order valence-electron chi connectivity index (χ0n) is 16.3. The molecule has 0 bridgehead atoms. The highest BCUT2D eigenvalue weighted by molar-refractivity contribution is 5.98. The number of nitro benzene ring substituents is 1. The summed E-state index contributed by atoms with van der Waals surface area (Å²) in [6.45, 7) is 1.05. The van der Waals surface area contributed by atoms with Crippen molar-refractivity contribution in [2.75, 3.05) is 33.3 Å². The smallest absolute Gasteiger partial charge is 0.342 e. The van der Waals surface area contributed by atoms with E-state index < -0.39 is 23.4 Å². The van der Waals surface area contributed by atoms with Crippen LogP contribution in [0.1, 0.15) is 15.9 Å². The Kier molecular flexibility index (Phi) is 6.96. The van der Waals surface area contributed by atoms with E-state index in [1.54, 1.807) is 6.92 Å². The molecule has 0 unspecified atom stereocenters. The van der Waals surface area contributed by atoms with Crippen LogP contribution in [0.25, 0.3) is 0 Å². The van der Waals surface area contributed by atoms with E-state index in [2.05, 4.69) is 5.32 Å². The molecule has 0 saturated carbocycles. The predicted octanol–water partition coefficient (Wildman–Crippen LogP) is 2.72. The van der Waals surface area contributed by atoms with Gasteiger partial charge in [0.25, 0.3) is 11.6 Å². The molecule has 10 nitrogen and oxygen atoms in total. The fourth-order valence-electron chi connectivity index (χ4n) is 2.56. The summed E-state index contributed by atoms with van der Waals surface area (Å²) in [5.41, 5.74) is 0.845. The molecule has 0 aliphatic heterocycles. The quantitative estimate of drug-likeness (QED) is 0.404. The summed E-state index contributed by atoms with van der Waals surface area (Å²) in [5, 5.41) is 13.3. The summed E-state index contributed by atoms with van der Waals surface area (Å²) >= 11 is 0. The van der Waals surface area contributed by atoms with Gasteiger partial charge in [-0.25, -0.2) is 4.79 Å². The summed E-state index contributed by atoms with van der Waals surface area (Å²) in [7, 11) is 4.20. The maximum atomic E-state index is 12.4. The monoisotopic (exact) mass is 404 g/mol. The molecule has 29 heavy (non-hydrogen) atoms. The number of non-ortho nitro benzene ring substituents is 1. The van der Waals surface area contributed by atoms with Crippen molar-refractivity contribution in [2.24, 2.45) is 0 Å². The summed E-state index contributed by atoms with van der Waals surface area (Å²) in [5.74, 6) is -0.695. The number of rotatable bonds is 8. The third kappa shape index (κ3) is 4.92. The summed E-state index contributed by atoms with van der Waals surface area (Å²) in [6.07, 6.45) is 0. The third-order valence-electron chi connectivity index (χ3n) is 3.95. The van der Waals surface area contributed by atoms with E-state index in [9.17, 15) is 19.7 Å². The minimum absolute atomic E-state index is 0.0597. The number of anilines is 1. The van der Waals surface area contributed by atoms with Crippen LogP contribution in [0.3, 0.4) is 0 Å². The van der Waals surface area contributed by atoms with E-state index in [0.29, 0.717) is 17.0 Å². The van der Waals surface area contributed by atoms with Crippen molar-refractivity contribution >= 4 is 23.3 Å². The fourth-order valence-corrected chi connectivity index (χ4v) is 2.56. The van der Waals surface area contributed by atoms with Crippen LogP contribution in [0.15, 0.2) is 30.3 Å². The van der Waals surface area contributed by atoms with Crippen LogP contribution in [0.4, 0.5) is 11.4 Å². The van der Waals surface area contributed by atoms with Crippen molar-refractivity contribution < 1.29 is 33.5 Å². The fraction of sp³-hybridized carbons (Fsp3) is 0.263. The van der Waals surface area contributed by atoms with Crippen molar-refractivity contribution in [2.45, 2.75) is 6.92 Å². The van der Waals surface area contributed by atoms with Gasteiger partial charge in [0.15, 0.2) is 18.1 Å². The lowest BCUT2D eigenvalue weighted by atomic mass is 10.1. The zero-order chi connectivity index (χ0) is 21.6. The first-order valence-electron chi connectivity index (χ1n) is 8.33. The number of carbonyl (C=O) groups is 2. The average molecular weight is 404 g/mol. The Balaban J connectivity index is 2.07. The van der Waals surface area contributed by atoms with E-state index in [4.69, 9.17) is 18.9 Å². The first kappa shape index (κ1) is 21.5. The minimum atomic E-state index is -0.793. The van der Waals surface area contributed by atoms with Gasteiger partial charge >= 0.3 is 5.97 Å². The third-order valence-corrected chi connectivity index (χ3v) is 3.95. The molecule has 2 aromatic rings. The molecule has 2 aromatic carbocycles. The van der Waals surface area contributed by atoms with Crippen LogP contribution >= 0.6 is 0 Å². The van der Waals surface area contributed by atoms with Crippen LogP contribution in [0.5, 0.6) is 17.2 Å². The number of ether oxygens (including phenoxy) is 4. The standard InChI is InChI=1S/C19H20N2O8/c1-11-9-12(21(24)25)5-7-14(11)20-16(22)10-29-19(23)13-6-8-15(26-2)18(28-4)17(13)27-3/h5-9H,10H2,1-4H3,(H,20,22). The Labute approximate surface area is 166 Å². The molecule has 0 aliphatic rings. The molecular formula is C19H20N2O8. The largest absolute Gasteiger partial charge is 0.493 e. The first-order valence-corrected chi connectivity index (χ1v) is 8.33. The number of carbonyl (C=O) groups excluding carboxylic acids is 2. The molecule has 2 rings (SSSR count). The van der Waals surface area contributed by atoms with Gasteiger partial charge < -0.3 is 24.3 Å². The molecule has 0 atom stereocenters. The second-order valence-corrected chi connectivity index (χ2v) is 5.76. The van der Waals surface area contributed by atoms with E-state index in [1.165, 1.54) is 51.7 Å². The van der Waals surface area contributed by atoms with Gasteiger partial charge in [-0.1, -0.05) is 0 Å². The molecule has 0 aliphatic carbocycles. The number of nitro groups is 1. The van der Waals surface area contributed by atoms with Gasteiger partial charge in [0.1, 0.15) is 5.56 Å². The maximum Gasteiger partial charge on any atom is 0.342 e. The Bertz CT molecular complexity index is 942. The van der Waals surface area contributed by atoms with Gasteiger partial charge in [-0.3, -0.25) is 14.9 Å². The van der Waals surface area contributed by atoms with Crippen molar-refractivity contribution in [3.8, 4) is 17.2 Å². The number of esters is 1. The minimum Gasteiger partial charge on any atom is -0.493 e.